The Morgan fingerprint density at radius 2 is 1.19 bits per heavy atom. The van der Waals surface area contributed by atoms with Gasteiger partial charge in [-0.2, -0.15) is 0 Å². The van der Waals surface area contributed by atoms with Crippen molar-refractivity contribution in [3.05, 3.63) is 162 Å². The van der Waals surface area contributed by atoms with Crippen LogP contribution in [-0.2, 0) is 64.0 Å². The van der Waals surface area contributed by atoms with E-state index in [1.807, 2.05) is 109 Å². The summed E-state index contributed by atoms with van der Waals surface area (Å²) in [5.74, 6) is -7.08. The number of phenolic OH excluding ortho intramolecular Hbond substituents is 1. The molecule has 22 heteroatoms. The molecule has 15 N–H and O–H groups in total. The van der Waals surface area contributed by atoms with E-state index in [-0.39, 0.29) is 55.9 Å². The summed E-state index contributed by atoms with van der Waals surface area (Å²) >= 11 is 0. The fourth-order valence-corrected chi connectivity index (χ4v) is 12.4. The van der Waals surface area contributed by atoms with Gasteiger partial charge in [-0.15, -0.1) is 0 Å². The molecule has 7 aromatic rings. The first-order valence-corrected chi connectivity index (χ1v) is 30.8. The molecule has 8 rings (SSSR count). The number of benzene rings is 6. The largest absolute Gasteiger partial charge is 0.508 e. The molecule has 8 atom stereocenters. The van der Waals surface area contributed by atoms with Crippen molar-refractivity contribution in [3.63, 3.8) is 0 Å². The van der Waals surface area contributed by atoms with Crippen molar-refractivity contribution in [2.75, 3.05) is 18.1 Å². The number of aromatic hydroxyl groups is 1. The number of amides is 8. The predicted molar refractivity (Wildman–Crippen MR) is 332 cm³/mol. The summed E-state index contributed by atoms with van der Waals surface area (Å²) in [5.41, 5.74) is 21.8. The lowest BCUT2D eigenvalue weighted by molar-refractivity contribution is -0.136. The van der Waals surface area contributed by atoms with Crippen molar-refractivity contribution in [2.45, 2.75) is 107 Å². The standard InChI is InChI=1S/C63H73N11O9S2/c1-36(2)55-63(83)73-54(61(81)69-50(56(66)76)31-39-19-23-41-12-4-6-14-43(41)28-39)35-85-84-34-53(72-57(77)47(65)29-38-18-22-40-11-3-5-13-42(40)27-38)62(82)70-51(30-37-20-24-45(75)25-21-37)59(79)71-52(32-44-33-67-48-16-8-7-15-46(44)48)60(80)68-49(58(78)74-55)17-9-10-26-64/h3-8,11-16,18-25,27-28,33,36,47,49-55,67,75H,9-10,17,26,29-32,34-35,64-65H2,1-2H3,(H2,66,76)(H,68,80)(H,69,81)(H,70,82)(H,71,79)(H,72,77)(H,73,83)(H,74,78)/t47-,49+,50-,51+,52-,53-,54-,55+/m1/s1. The molecular weight excluding hydrogens is 1120 g/mol. The third-order valence-electron chi connectivity index (χ3n) is 14.9. The first-order chi connectivity index (χ1) is 40.9. The van der Waals surface area contributed by atoms with Gasteiger partial charge in [-0.25, -0.2) is 0 Å². The number of hydrogen-bond acceptors (Lipinski definition) is 13. The molecular formula is C63H73N11O9S2. The van der Waals surface area contributed by atoms with Gasteiger partial charge in [0, 0.05) is 47.9 Å². The van der Waals surface area contributed by atoms with Crippen LogP contribution in [0.1, 0.15) is 55.4 Å². The van der Waals surface area contributed by atoms with Crippen molar-refractivity contribution in [1.82, 2.24) is 42.2 Å². The topological polar surface area (TPSA) is 335 Å². The highest BCUT2D eigenvalue weighted by Crippen LogP contribution is 2.26. The van der Waals surface area contributed by atoms with Gasteiger partial charge in [0.1, 0.15) is 48.0 Å². The maximum atomic E-state index is 15.0. The minimum atomic E-state index is -1.41. The van der Waals surface area contributed by atoms with Crippen molar-refractivity contribution in [2.24, 2.45) is 23.1 Å². The number of fused-ring (bicyclic) bond motifs is 3. The monoisotopic (exact) mass is 1190 g/mol. The summed E-state index contributed by atoms with van der Waals surface area (Å²) in [5, 5.41) is 34.5. The van der Waals surface area contributed by atoms with Gasteiger partial charge in [0.25, 0.3) is 0 Å². The lowest BCUT2D eigenvalue weighted by atomic mass is 9.99. The van der Waals surface area contributed by atoms with Crippen LogP contribution < -0.4 is 54.4 Å². The van der Waals surface area contributed by atoms with Crippen LogP contribution in [0.2, 0.25) is 0 Å². The number of nitrogens with one attached hydrogen (secondary N) is 8. The van der Waals surface area contributed by atoms with E-state index in [2.05, 4.69) is 42.2 Å². The Kier molecular flexibility index (Phi) is 22.0. The summed E-state index contributed by atoms with van der Waals surface area (Å²) < 4.78 is 0. The van der Waals surface area contributed by atoms with Gasteiger partial charge in [-0.3, -0.25) is 38.4 Å². The van der Waals surface area contributed by atoms with Crippen LogP contribution in [0.25, 0.3) is 32.4 Å². The van der Waals surface area contributed by atoms with Gasteiger partial charge in [-0.05, 0) is 100 Å². The maximum Gasteiger partial charge on any atom is 0.244 e. The molecule has 446 valence electrons. The molecule has 1 saturated heterocycles. The second-order valence-electron chi connectivity index (χ2n) is 21.7. The molecule has 2 heterocycles. The Hall–Kier alpha value is -8.44. The predicted octanol–water partition coefficient (Wildman–Crippen LogP) is 3.84. The molecule has 85 heavy (non-hydrogen) atoms. The molecule has 6 aromatic carbocycles. The summed E-state index contributed by atoms with van der Waals surface area (Å²) in [6, 6.07) is 29.7. The summed E-state index contributed by atoms with van der Waals surface area (Å²) in [6.07, 6.45) is 2.56. The highest BCUT2D eigenvalue weighted by molar-refractivity contribution is 8.76. The zero-order valence-corrected chi connectivity index (χ0v) is 48.9. The van der Waals surface area contributed by atoms with Crippen LogP contribution in [0, 0.1) is 5.92 Å². The van der Waals surface area contributed by atoms with Crippen molar-refractivity contribution < 1.29 is 43.5 Å². The fraction of sp³-hybridized carbons (Fsp3) is 0.333. The first-order valence-electron chi connectivity index (χ1n) is 28.3. The molecule has 1 aliphatic rings. The number of unbranched alkanes of at least 4 members (excludes halogenated alkanes) is 1. The van der Waals surface area contributed by atoms with Crippen LogP contribution in [-0.4, -0.2) is 124 Å². The highest BCUT2D eigenvalue weighted by atomic mass is 33.1. The van der Waals surface area contributed by atoms with E-state index in [1.165, 1.54) is 12.1 Å². The van der Waals surface area contributed by atoms with Crippen LogP contribution in [0.4, 0.5) is 0 Å². The van der Waals surface area contributed by atoms with E-state index in [4.69, 9.17) is 17.2 Å². The zero-order valence-electron chi connectivity index (χ0n) is 47.3. The van der Waals surface area contributed by atoms with E-state index in [0.29, 0.717) is 29.5 Å². The van der Waals surface area contributed by atoms with Crippen LogP contribution in [0.15, 0.2) is 140 Å². The Labute approximate surface area is 500 Å². The van der Waals surface area contributed by atoms with E-state index in [1.54, 1.807) is 32.2 Å². The lowest BCUT2D eigenvalue weighted by Crippen LogP contribution is -2.61. The van der Waals surface area contributed by atoms with Crippen molar-refractivity contribution in [1.29, 1.82) is 0 Å². The lowest BCUT2D eigenvalue weighted by Gasteiger charge is -2.29. The number of primary amides is 1. The number of carbonyl (C=O) groups excluding carboxylic acids is 8. The second kappa shape index (κ2) is 29.9. The van der Waals surface area contributed by atoms with Crippen molar-refractivity contribution in [3.8, 4) is 5.75 Å². The number of carbonyl (C=O) groups is 8. The van der Waals surface area contributed by atoms with Gasteiger partial charge in [0.15, 0.2) is 0 Å². The smallest absolute Gasteiger partial charge is 0.244 e. The van der Waals surface area contributed by atoms with E-state index in [0.717, 1.165) is 59.6 Å². The SMILES string of the molecule is CC(C)[C@@H]1NC(=O)[C@H](CCCCN)NC(=O)[C@@H](Cc2c[nH]c3ccccc23)NC(=O)[C@H](Cc2ccc(O)cc2)NC(=O)[C@H](NC(=O)[C@H](N)Cc2ccc3ccccc3c2)CSSC[C@H](C(=O)N[C@H](Cc2ccc3ccccc3c2)C(N)=O)NC1=O. The van der Waals surface area contributed by atoms with Crippen molar-refractivity contribution >= 4 is 101 Å². The van der Waals surface area contributed by atoms with E-state index >= 15 is 0 Å². The van der Waals surface area contributed by atoms with E-state index in [9.17, 15) is 43.5 Å². The highest BCUT2D eigenvalue weighted by Gasteiger charge is 2.36. The summed E-state index contributed by atoms with van der Waals surface area (Å²) in [4.78, 5) is 119. The first kappa shape index (κ1) is 62.6. The quantitative estimate of drug-likeness (QED) is 0.0430. The molecule has 0 saturated carbocycles. The molecule has 1 fully saturated rings. The normalized spacial score (nSPS) is 20.3. The summed E-state index contributed by atoms with van der Waals surface area (Å²) in [6.45, 7) is 3.69. The fourth-order valence-electron chi connectivity index (χ4n) is 10.1. The van der Waals surface area contributed by atoms with Crippen LogP contribution in [0.3, 0.4) is 0 Å². The van der Waals surface area contributed by atoms with Crippen LogP contribution in [0.5, 0.6) is 5.75 Å². The Bertz CT molecular complexity index is 3530. The number of hydrogen-bond donors (Lipinski definition) is 12. The molecule has 0 unspecified atom stereocenters. The molecule has 1 aliphatic heterocycles. The molecule has 20 nitrogen and oxygen atoms in total. The van der Waals surface area contributed by atoms with Gasteiger partial charge in [-0.1, -0.05) is 151 Å². The Morgan fingerprint density at radius 3 is 1.84 bits per heavy atom. The number of aromatic amines is 1. The zero-order chi connectivity index (χ0) is 60.6. The number of H-pyrrole nitrogens is 1. The van der Waals surface area contributed by atoms with Gasteiger partial charge >= 0.3 is 0 Å². The number of phenols is 1. The number of aromatic nitrogens is 1. The Balaban J connectivity index is 1.14. The average Bonchev–Trinajstić information content (AvgIpc) is 4.02. The molecule has 0 spiro atoms. The molecule has 0 aliphatic carbocycles. The van der Waals surface area contributed by atoms with Gasteiger partial charge in [0.05, 0.1) is 6.04 Å². The van der Waals surface area contributed by atoms with Gasteiger partial charge in [0.2, 0.25) is 47.3 Å². The molecule has 0 radical (unpaired) electrons. The average molecular weight is 1190 g/mol. The molecule has 8 amide bonds. The summed E-state index contributed by atoms with van der Waals surface area (Å²) in [7, 11) is 2.14. The second-order valence-corrected chi connectivity index (χ2v) is 24.2. The third kappa shape index (κ3) is 17.3. The number of para-hydroxylation sites is 1. The Morgan fingerprint density at radius 1 is 0.624 bits per heavy atom. The molecule has 1 aromatic heterocycles. The number of nitrogens with two attached hydrogens (primary N) is 3. The maximum absolute atomic E-state index is 15.0. The van der Waals surface area contributed by atoms with Gasteiger partial charge < -0.3 is 64.5 Å². The number of rotatable bonds is 18. The van der Waals surface area contributed by atoms with E-state index < -0.39 is 102 Å². The minimum absolute atomic E-state index is 0.0182. The third-order valence-corrected chi connectivity index (χ3v) is 17.3. The molecule has 0 bridgehead atoms. The van der Waals surface area contributed by atoms with Crippen LogP contribution >= 0.6 is 21.6 Å². The minimum Gasteiger partial charge on any atom is -0.508 e.